The molecule has 6 nitrogen and oxygen atoms in total. The van der Waals surface area contributed by atoms with Gasteiger partial charge in [-0.15, -0.1) is 23.1 Å². The summed E-state index contributed by atoms with van der Waals surface area (Å²) in [5.74, 6) is 1.03. The van der Waals surface area contributed by atoms with Crippen molar-refractivity contribution in [1.29, 1.82) is 0 Å². The lowest BCUT2D eigenvalue weighted by molar-refractivity contribution is -0.115. The summed E-state index contributed by atoms with van der Waals surface area (Å²) < 4.78 is 5.44. The molecule has 1 aliphatic heterocycles. The fourth-order valence-corrected chi connectivity index (χ4v) is 4.13. The summed E-state index contributed by atoms with van der Waals surface area (Å²) in [6, 6.07) is 9.20. The summed E-state index contributed by atoms with van der Waals surface area (Å²) in [4.78, 5) is 30.4. The second-order valence-electron chi connectivity index (χ2n) is 5.66. The number of carbonyl (C=O) groups is 2. The Hall–Kier alpha value is -2.58. The van der Waals surface area contributed by atoms with Crippen LogP contribution >= 0.6 is 23.1 Å². The predicted molar refractivity (Wildman–Crippen MR) is 101 cm³/mol. The average Bonchev–Trinajstić information content (AvgIpc) is 3.28. The Kier molecular flexibility index (Phi) is 4.77. The molecule has 8 heteroatoms. The van der Waals surface area contributed by atoms with Crippen LogP contribution in [0.5, 0.6) is 0 Å². The van der Waals surface area contributed by atoms with Crippen LogP contribution in [-0.2, 0) is 11.3 Å². The van der Waals surface area contributed by atoms with Gasteiger partial charge in [0.1, 0.15) is 6.26 Å². The van der Waals surface area contributed by atoms with Crippen LogP contribution in [0.15, 0.2) is 51.3 Å². The maximum absolute atomic E-state index is 12.4. The summed E-state index contributed by atoms with van der Waals surface area (Å²) in [6.45, 7) is 0.270. The average molecular weight is 385 g/mol. The largest absolute Gasteiger partial charge is 0.443 e. The lowest BCUT2D eigenvalue weighted by Gasteiger charge is -2.09. The zero-order chi connectivity index (χ0) is 17.9. The third-order valence-corrected chi connectivity index (χ3v) is 5.75. The predicted octanol–water partition coefficient (Wildman–Crippen LogP) is 3.77. The van der Waals surface area contributed by atoms with Crippen LogP contribution in [0.25, 0.3) is 10.8 Å². The zero-order valence-corrected chi connectivity index (χ0v) is 15.3. The standard InChI is InChI=1S/C18H15N3O3S2/c22-16-5-7-26-14-4-3-11(8-13(14)21-16)17(23)19-9-12-10-24-18(20-12)15-2-1-6-25-15/h1-4,6,8,10H,5,7,9H2,(H,19,23)(H,21,22). The lowest BCUT2D eigenvalue weighted by atomic mass is 10.2. The van der Waals surface area contributed by atoms with Crippen LogP contribution in [0.2, 0.25) is 0 Å². The molecular formula is C18H15N3O3S2. The highest BCUT2D eigenvalue weighted by molar-refractivity contribution is 7.99. The second-order valence-corrected chi connectivity index (χ2v) is 7.75. The van der Waals surface area contributed by atoms with E-state index in [0.29, 0.717) is 29.3 Å². The van der Waals surface area contributed by atoms with Gasteiger partial charge in [-0.1, -0.05) is 6.07 Å². The normalized spacial score (nSPS) is 13.6. The van der Waals surface area contributed by atoms with E-state index in [0.717, 1.165) is 15.5 Å². The van der Waals surface area contributed by atoms with Gasteiger partial charge < -0.3 is 15.1 Å². The van der Waals surface area contributed by atoms with Crippen LogP contribution in [0, 0.1) is 0 Å². The maximum atomic E-state index is 12.4. The summed E-state index contributed by atoms with van der Waals surface area (Å²) in [7, 11) is 0. The van der Waals surface area contributed by atoms with Gasteiger partial charge in [0.2, 0.25) is 11.8 Å². The van der Waals surface area contributed by atoms with E-state index >= 15 is 0 Å². The first-order valence-corrected chi connectivity index (χ1v) is 9.89. The van der Waals surface area contributed by atoms with Crippen molar-refractivity contribution in [2.24, 2.45) is 0 Å². The Labute approximate surface area is 158 Å². The van der Waals surface area contributed by atoms with Crippen molar-refractivity contribution in [3.05, 3.63) is 53.2 Å². The Balaban J connectivity index is 1.43. The van der Waals surface area contributed by atoms with Gasteiger partial charge in [-0.25, -0.2) is 4.98 Å². The first kappa shape index (κ1) is 16.9. The Morgan fingerprint density at radius 3 is 3.12 bits per heavy atom. The molecule has 0 saturated heterocycles. The van der Waals surface area contributed by atoms with Gasteiger partial charge >= 0.3 is 0 Å². The third-order valence-electron chi connectivity index (χ3n) is 3.82. The van der Waals surface area contributed by atoms with Crippen molar-refractivity contribution in [1.82, 2.24) is 10.3 Å². The molecule has 2 amide bonds. The molecule has 26 heavy (non-hydrogen) atoms. The molecule has 1 aromatic carbocycles. The van der Waals surface area contributed by atoms with E-state index in [4.69, 9.17) is 4.42 Å². The molecule has 0 radical (unpaired) electrons. The van der Waals surface area contributed by atoms with Crippen LogP contribution in [-0.4, -0.2) is 22.6 Å². The number of hydrogen-bond acceptors (Lipinski definition) is 6. The molecule has 0 aliphatic carbocycles. The number of aromatic nitrogens is 1. The van der Waals surface area contributed by atoms with Crippen LogP contribution < -0.4 is 10.6 Å². The van der Waals surface area contributed by atoms with Crippen LogP contribution in [0.1, 0.15) is 22.5 Å². The summed E-state index contributed by atoms with van der Waals surface area (Å²) in [5.41, 5.74) is 1.83. The number of amides is 2. The second kappa shape index (κ2) is 7.35. The molecule has 3 heterocycles. The van der Waals surface area contributed by atoms with Gasteiger partial charge in [0.05, 0.1) is 22.8 Å². The number of fused-ring (bicyclic) bond motifs is 1. The smallest absolute Gasteiger partial charge is 0.251 e. The monoisotopic (exact) mass is 385 g/mol. The molecule has 0 unspecified atom stereocenters. The quantitative estimate of drug-likeness (QED) is 0.714. The van der Waals surface area contributed by atoms with Crippen molar-refractivity contribution in [2.75, 3.05) is 11.1 Å². The number of carbonyl (C=O) groups excluding carboxylic acids is 2. The molecule has 2 aromatic heterocycles. The molecule has 0 atom stereocenters. The molecule has 132 valence electrons. The summed E-state index contributed by atoms with van der Waals surface area (Å²) >= 11 is 3.15. The third kappa shape index (κ3) is 3.66. The molecule has 0 spiro atoms. The van der Waals surface area contributed by atoms with Crippen LogP contribution in [0.3, 0.4) is 0 Å². The fourth-order valence-electron chi connectivity index (χ4n) is 2.54. The van der Waals surface area contributed by atoms with Gasteiger partial charge in [-0.05, 0) is 29.6 Å². The number of thiophene rings is 1. The molecule has 2 N–H and O–H groups in total. The summed E-state index contributed by atoms with van der Waals surface area (Å²) in [5, 5.41) is 7.63. The minimum absolute atomic E-state index is 0.0301. The number of hydrogen-bond donors (Lipinski definition) is 2. The fraction of sp³-hybridized carbons (Fsp3) is 0.167. The maximum Gasteiger partial charge on any atom is 0.251 e. The number of nitrogens with one attached hydrogen (secondary N) is 2. The molecule has 4 rings (SSSR count). The van der Waals surface area contributed by atoms with E-state index in [-0.39, 0.29) is 18.4 Å². The van der Waals surface area contributed by atoms with E-state index in [1.165, 1.54) is 0 Å². The zero-order valence-electron chi connectivity index (χ0n) is 13.7. The van der Waals surface area contributed by atoms with Gasteiger partial charge in [-0.3, -0.25) is 9.59 Å². The first-order valence-electron chi connectivity index (χ1n) is 8.02. The van der Waals surface area contributed by atoms with Crippen molar-refractivity contribution >= 4 is 40.6 Å². The van der Waals surface area contributed by atoms with Crippen molar-refractivity contribution in [2.45, 2.75) is 17.9 Å². The SMILES string of the molecule is O=C1CCSc2ccc(C(=O)NCc3coc(-c4cccs4)n3)cc2N1. The summed E-state index contributed by atoms with van der Waals surface area (Å²) in [6.07, 6.45) is 2.02. The lowest BCUT2D eigenvalue weighted by Crippen LogP contribution is -2.23. The number of nitrogens with zero attached hydrogens (tertiary/aromatic N) is 1. The highest BCUT2D eigenvalue weighted by Gasteiger charge is 2.16. The number of thioether (sulfide) groups is 1. The minimum Gasteiger partial charge on any atom is -0.443 e. The van der Waals surface area contributed by atoms with Gasteiger partial charge in [-0.2, -0.15) is 0 Å². The Bertz CT molecular complexity index is 951. The molecule has 1 aliphatic rings. The van der Waals surface area contributed by atoms with E-state index in [1.807, 2.05) is 23.6 Å². The van der Waals surface area contributed by atoms with E-state index in [9.17, 15) is 9.59 Å². The molecule has 0 saturated carbocycles. The molecule has 0 fully saturated rings. The van der Waals surface area contributed by atoms with E-state index in [1.54, 1.807) is 41.5 Å². The van der Waals surface area contributed by atoms with E-state index < -0.39 is 0 Å². The van der Waals surface area contributed by atoms with Crippen molar-refractivity contribution in [3.63, 3.8) is 0 Å². The Morgan fingerprint density at radius 2 is 2.27 bits per heavy atom. The first-order chi connectivity index (χ1) is 12.7. The van der Waals surface area contributed by atoms with Crippen molar-refractivity contribution in [3.8, 4) is 10.8 Å². The van der Waals surface area contributed by atoms with Gasteiger partial charge in [0.25, 0.3) is 5.91 Å². The number of oxazole rings is 1. The van der Waals surface area contributed by atoms with Crippen molar-refractivity contribution < 1.29 is 14.0 Å². The van der Waals surface area contributed by atoms with Gasteiger partial charge in [0.15, 0.2) is 0 Å². The Morgan fingerprint density at radius 1 is 1.35 bits per heavy atom. The van der Waals surface area contributed by atoms with E-state index in [2.05, 4.69) is 15.6 Å². The molecule has 0 bridgehead atoms. The van der Waals surface area contributed by atoms with Gasteiger partial charge in [0, 0.05) is 22.6 Å². The van der Waals surface area contributed by atoms with Crippen LogP contribution in [0.4, 0.5) is 5.69 Å². The molecule has 3 aromatic rings. The highest BCUT2D eigenvalue weighted by Crippen LogP contribution is 2.31. The number of rotatable bonds is 4. The molecular weight excluding hydrogens is 370 g/mol. The minimum atomic E-state index is -0.225. The topological polar surface area (TPSA) is 84.2 Å². The number of benzene rings is 1. The number of anilines is 1. The highest BCUT2D eigenvalue weighted by atomic mass is 32.2.